The van der Waals surface area contributed by atoms with Crippen LogP contribution in [0.2, 0.25) is 5.02 Å². The number of carbonyl (C=O) groups is 1. The summed E-state index contributed by atoms with van der Waals surface area (Å²) in [5.74, 6) is -0.0468. The minimum atomic E-state index is -0.435. The quantitative estimate of drug-likeness (QED) is 0.772. The molecular weight excluding hydrogens is 316 g/mol. The van der Waals surface area contributed by atoms with Gasteiger partial charge in [-0.1, -0.05) is 23.7 Å². The van der Waals surface area contributed by atoms with Crippen LogP contribution in [-0.4, -0.2) is 49.5 Å². The number of halogens is 1. The van der Waals surface area contributed by atoms with Gasteiger partial charge in [0.15, 0.2) is 0 Å². The molecule has 3 N–H and O–H groups in total. The van der Waals surface area contributed by atoms with Crippen molar-refractivity contribution in [2.45, 2.75) is 36.8 Å². The Hall–Kier alpha value is -1.14. The van der Waals surface area contributed by atoms with E-state index in [1.807, 2.05) is 18.2 Å². The molecule has 2 unspecified atom stereocenters. The van der Waals surface area contributed by atoms with E-state index in [0.29, 0.717) is 37.7 Å². The molecule has 0 aliphatic carbocycles. The number of ether oxygens (including phenoxy) is 1. The van der Waals surface area contributed by atoms with Gasteiger partial charge < -0.3 is 20.5 Å². The summed E-state index contributed by atoms with van der Waals surface area (Å²) in [7, 11) is 0. The SMILES string of the molecule is O=C(NCC1(c2cccc(Cl)c2)CCOCC1)C1CC(O)CN1. The van der Waals surface area contributed by atoms with E-state index in [2.05, 4.69) is 16.7 Å². The molecule has 0 spiro atoms. The molecule has 2 aliphatic rings. The van der Waals surface area contributed by atoms with Crippen molar-refractivity contribution in [3.8, 4) is 0 Å². The Morgan fingerprint density at radius 2 is 2.22 bits per heavy atom. The molecular formula is C17H23ClN2O3. The number of hydrogen-bond donors (Lipinski definition) is 3. The van der Waals surface area contributed by atoms with Crippen molar-refractivity contribution in [2.24, 2.45) is 0 Å². The lowest BCUT2D eigenvalue weighted by Gasteiger charge is -2.38. The Morgan fingerprint density at radius 3 is 2.87 bits per heavy atom. The highest BCUT2D eigenvalue weighted by Gasteiger charge is 2.36. The minimum Gasteiger partial charge on any atom is -0.392 e. The maximum atomic E-state index is 12.3. The van der Waals surface area contributed by atoms with Crippen LogP contribution in [0.4, 0.5) is 0 Å². The highest BCUT2D eigenvalue weighted by molar-refractivity contribution is 6.30. The van der Waals surface area contributed by atoms with E-state index in [1.165, 1.54) is 0 Å². The Bertz CT molecular complexity index is 561. The van der Waals surface area contributed by atoms with Gasteiger partial charge in [-0.25, -0.2) is 0 Å². The summed E-state index contributed by atoms with van der Waals surface area (Å²) in [6, 6.07) is 7.56. The van der Waals surface area contributed by atoms with Crippen molar-refractivity contribution in [1.29, 1.82) is 0 Å². The third-order valence-corrected chi connectivity index (χ3v) is 5.15. The van der Waals surface area contributed by atoms with E-state index in [0.717, 1.165) is 18.4 Å². The number of nitrogens with one attached hydrogen (secondary N) is 2. The molecule has 0 bridgehead atoms. The summed E-state index contributed by atoms with van der Waals surface area (Å²) in [6.45, 7) is 2.40. The van der Waals surface area contributed by atoms with Crippen LogP contribution in [0, 0.1) is 0 Å². The first-order valence-corrected chi connectivity index (χ1v) is 8.50. The fraction of sp³-hybridized carbons (Fsp3) is 0.588. The molecule has 6 heteroatoms. The first-order valence-electron chi connectivity index (χ1n) is 8.12. The smallest absolute Gasteiger partial charge is 0.237 e. The van der Waals surface area contributed by atoms with Gasteiger partial charge in [-0.05, 0) is 37.0 Å². The maximum Gasteiger partial charge on any atom is 0.237 e. The zero-order valence-electron chi connectivity index (χ0n) is 13.1. The molecule has 126 valence electrons. The van der Waals surface area contributed by atoms with Gasteiger partial charge in [0.25, 0.3) is 0 Å². The number of β-amino-alcohol motifs (C(OH)–C–C–N with tert-alkyl or cyclic N) is 1. The molecule has 1 aromatic carbocycles. The third-order valence-electron chi connectivity index (χ3n) is 4.91. The van der Waals surface area contributed by atoms with E-state index >= 15 is 0 Å². The van der Waals surface area contributed by atoms with Gasteiger partial charge in [-0.15, -0.1) is 0 Å². The predicted molar refractivity (Wildman–Crippen MR) is 88.6 cm³/mol. The van der Waals surface area contributed by atoms with Crippen molar-refractivity contribution in [3.05, 3.63) is 34.9 Å². The molecule has 2 fully saturated rings. The molecule has 1 amide bonds. The Balaban J connectivity index is 1.71. The van der Waals surface area contributed by atoms with Gasteiger partial charge in [0.05, 0.1) is 12.1 Å². The van der Waals surface area contributed by atoms with Crippen LogP contribution in [-0.2, 0) is 14.9 Å². The van der Waals surface area contributed by atoms with E-state index in [9.17, 15) is 9.90 Å². The monoisotopic (exact) mass is 338 g/mol. The summed E-state index contributed by atoms with van der Waals surface area (Å²) in [5, 5.41) is 16.4. The Kier molecular flexibility index (Phi) is 5.21. The third kappa shape index (κ3) is 3.86. The number of carbonyl (C=O) groups excluding carboxylic acids is 1. The number of aliphatic hydroxyl groups is 1. The average Bonchev–Trinajstić information content (AvgIpc) is 3.00. The van der Waals surface area contributed by atoms with Crippen LogP contribution in [0.1, 0.15) is 24.8 Å². The molecule has 5 nitrogen and oxygen atoms in total. The number of hydrogen-bond acceptors (Lipinski definition) is 4. The molecule has 23 heavy (non-hydrogen) atoms. The number of amides is 1. The van der Waals surface area contributed by atoms with Gasteiger partial charge in [0.1, 0.15) is 0 Å². The topological polar surface area (TPSA) is 70.6 Å². The second-order valence-corrected chi connectivity index (χ2v) is 6.91. The summed E-state index contributed by atoms with van der Waals surface area (Å²) < 4.78 is 5.51. The zero-order chi connectivity index (χ0) is 16.3. The van der Waals surface area contributed by atoms with Crippen LogP contribution in [0.25, 0.3) is 0 Å². The lowest BCUT2D eigenvalue weighted by molar-refractivity contribution is -0.123. The van der Waals surface area contributed by atoms with E-state index in [4.69, 9.17) is 16.3 Å². The molecule has 2 saturated heterocycles. The molecule has 2 heterocycles. The van der Waals surface area contributed by atoms with Gasteiger partial charge in [0.2, 0.25) is 5.91 Å². The summed E-state index contributed by atoms with van der Waals surface area (Å²) in [6.07, 6.45) is 1.75. The summed E-state index contributed by atoms with van der Waals surface area (Å²) >= 11 is 6.15. The molecule has 0 radical (unpaired) electrons. The van der Waals surface area contributed by atoms with Crippen LogP contribution >= 0.6 is 11.6 Å². The molecule has 3 rings (SSSR count). The molecule has 2 aliphatic heterocycles. The second-order valence-electron chi connectivity index (χ2n) is 6.47. The van der Waals surface area contributed by atoms with Crippen molar-refractivity contribution in [1.82, 2.24) is 10.6 Å². The van der Waals surface area contributed by atoms with Crippen LogP contribution < -0.4 is 10.6 Å². The van der Waals surface area contributed by atoms with E-state index in [-0.39, 0.29) is 17.4 Å². The highest BCUT2D eigenvalue weighted by atomic mass is 35.5. The van der Waals surface area contributed by atoms with Gasteiger partial charge in [0, 0.05) is 36.7 Å². The minimum absolute atomic E-state index is 0.0468. The Labute approximate surface area is 141 Å². The lowest BCUT2D eigenvalue weighted by Crippen LogP contribution is -2.48. The highest BCUT2D eigenvalue weighted by Crippen LogP contribution is 2.35. The first kappa shape index (κ1) is 16.7. The van der Waals surface area contributed by atoms with Crippen molar-refractivity contribution in [2.75, 3.05) is 26.3 Å². The van der Waals surface area contributed by atoms with Crippen molar-refractivity contribution < 1.29 is 14.6 Å². The van der Waals surface area contributed by atoms with Gasteiger partial charge in [-0.2, -0.15) is 0 Å². The average molecular weight is 339 g/mol. The summed E-state index contributed by atoms with van der Waals surface area (Å²) in [4.78, 5) is 12.3. The van der Waals surface area contributed by atoms with E-state index < -0.39 is 6.10 Å². The second kappa shape index (κ2) is 7.18. The number of aliphatic hydroxyl groups excluding tert-OH is 1. The summed E-state index contributed by atoms with van der Waals surface area (Å²) in [5.41, 5.74) is 1.00. The molecule has 0 aromatic heterocycles. The fourth-order valence-electron chi connectivity index (χ4n) is 3.44. The molecule has 2 atom stereocenters. The largest absolute Gasteiger partial charge is 0.392 e. The lowest BCUT2D eigenvalue weighted by atomic mass is 9.74. The van der Waals surface area contributed by atoms with Gasteiger partial charge >= 0.3 is 0 Å². The standard InChI is InChI=1S/C17H23ClN2O3/c18-13-3-1-2-12(8-13)17(4-6-23-7-5-17)11-20-16(22)15-9-14(21)10-19-15/h1-3,8,14-15,19,21H,4-7,9-11H2,(H,20,22). The van der Waals surface area contributed by atoms with Crippen molar-refractivity contribution in [3.63, 3.8) is 0 Å². The van der Waals surface area contributed by atoms with Crippen LogP contribution in [0.3, 0.4) is 0 Å². The first-order chi connectivity index (χ1) is 11.1. The zero-order valence-corrected chi connectivity index (χ0v) is 13.8. The normalized spacial score (nSPS) is 26.9. The molecule has 0 saturated carbocycles. The fourth-order valence-corrected chi connectivity index (χ4v) is 3.63. The maximum absolute atomic E-state index is 12.3. The predicted octanol–water partition coefficient (Wildman–Crippen LogP) is 1.23. The number of rotatable bonds is 4. The van der Waals surface area contributed by atoms with Crippen LogP contribution in [0.5, 0.6) is 0 Å². The molecule has 1 aromatic rings. The van der Waals surface area contributed by atoms with E-state index in [1.54, 1.807) is 0 Å². The number of benzene rings is 1. The van der Waals surface area contributed by atoms with Gasteiger partial charge in [-0.3, -0.25) is 4.79 Å². The van der Waals surface area contributed by atoms with Crippen molar-refractivity contribution >= 4 is 17.5 Å². The Morgan fingerprint density at radius 1 is 1.43 bits per heavy atom. The van der Waals surface area contributed by atoms with Crippen LogP contribution in [0.15, 0.2) is 24.3 Å².